The number of fused-ring (bicyclic) bond motifs is 3. The minimum atomic E-state index is 0.996. The first-order valence-electron chi connectivity index (χ1n) is 5.58. The van der Waals surface area contributed by atoms with E-state index in [0.29, 0.717) is 0 Å². The number of aryl methyl sites for hydroxylation is 3. The maximum atomic E-state index is 4.61. The molecule has 3 rings (SSSR count). The van der Waals surface area contributed by atoms with Crippen LogP contribution in [-0.2, 0) is 12.8 Å². The van der Waals surface area contributed by atoms with Crippen LogP contribution in [0.5, 0.6) is 0 Å². The Balaban J connectivity index is 2.24. The van der Waals surface area contributed by atoms with E-state index < -0.39 is 0 Å². The van der Waals surface area contributed by atoms with Crippen LogP contribution in [0.1, 0.15) is 23.2 Å². The van der Waals surface area contributed by atoms with Crippen LogP contribution in [0.15, 0.2) is 18.2 Å². The molecule has 3 heteroatoms. The summed E-state index contributed by atoms with van der Waals surface area (Å²) in [6.45, 7) is 2.15. The molecule has 1 N–H and O–H groups in total. The highest BCUT2D eigenvalue weighted by molar-refractivity contribution is 14.1. The third-order valence-electron chi connectivity index (χ3n) is 3.14. The second-order valence-electron chi connectivity index (χ2n) is 4.37. The van der Waals surface area contributed by atoms with Gasteiger partial charge in [0.1, 0.15) is 0 Å². The van der Waals surface area contributed by atoms with Gasteiger partial charge in [0.2, 0.25) is 0 Å². The second-order valence-corrected chi connectivity index (χ2v) is 5.39. The maximum absolute atomic E-state index is 4.61. The molecule has 1 aliphatic rings. The zero-order valence-corrected chi connectivity index (χ0v) is 11.3. The Bertz CT molecular complexity index is 543. The molecule has 0 amide bonds. The number of rotatable bonds is 0. The summed E-state index contributed by atoms with van der Waals surface area (Å²) in [7, 11) is 0. The highest BCUT2D eigenvalue weighted by Crippen LogP contribution is 2.31. The third-order valence-corrected chi connectivity index (χ3v) is 3.65. The van der Waals surface area contributed by atoms with Crippen molar-refractivity contribution < 1.29 is 0 Å². The molecule has 0 aliphatic heterocycles. The number of imidazole rings is 1. The molecule has 0 fully saturated rings. The average molecular weight is 324 g/mol. The average Bonchev–Trinajstić information content (AvgIpc) is 2.52. The summed E-state index contributed by atoms with van der Waals surface area (Å²) < 4.78 is 0.996. The maximum Gasteiger partial charge on any atom is 0.169 e. The van der Waals surface area contributed by atoms with Crippen LogP contribution in [-0.4, -0.2) is 9.97 Å². The zero-order chi connectivity index (χ0) is 11.1. The number of benzene rings is 1. The van der Waals surface area contributed by atoms with E-state index in [4.69, 9.17) is 0 Å². The van der Waals surface area contributed by atoms with Gasteiger partial charge < -0.3 is 4.98 Å². The number of aromatic amines is 1. The Hall–Kier alpha value is -0.840. The van der Waals surface area contributed by atoms with Gasteiger partial charge in [0.05, 0.1) is 5.69 Å². The van der Waals surface area contributed by atoms with Crippen LogP contribution in [0, 0.1) is 10.8 Å². The SMILES string of the molecule is Cc1ccc2c(c1)CCCc1[nH]c(I)nc1-2. The molecule has 1 heterocycles. The molecule has 16 heavy (non-hydrogen) atoms. The lowest BCUT2D eigenvalue weighted by Gasteiger charge is -2.05. The van der Waals surface area contributed by atoms with Crippen LogP contribution in [0.2, 0.25) is 0 Å². The van der Waals surface area contributed by atoms with Gasteiger partial charge in [-0.2, -0.15) is 0 Å². The molecule has 1 aromatic carbocycles. The Morgan fingerprint density at radius 3 is 3.06 bits per heavy atom. The first kappa shape index (κ1) is 10.3. The number of H-pyrrole nitrogens is 1. The number of aromatic nitrogens is 2. The fourth-order valence-corrected chi connectivity index (χ4v) is 2.96. The van der Waals surface area contributed by atoms with Crippen molar-refractivity contribution in [3.8, 4) is 11.3 Å². The fourth-order valence-electron chi connectivity index (χ4n) is 2.40. The Kier molecular flexibility index (Phi) is 2.50. The molecule has 1 aromatic heterocycles. The standard InChI is InChI=1S/C13H13IN2/c1-8-5-6-10-9(7-8)3-2-4-11-12(10)16-13(14)15-11/h5-7H,2-4H2,1H3,(H,15,16). The monoisotopic (exact) mass is 324 g/mol. The van der Waals surface area contributed by atoms with Crippen LogP contribution < -0.4 is 0 Å². The van der Waals surface area contributed by atoms with E-state index in [2.05, 4.69) is 57.7 Å². The van der Waals surface area contributed by atoms with E-state index in [9.17, 15) is 0 Å². The minimum absolute atomic E-state index is 0.996. The number of hydrogen-bond acceptors (Lipinski definition) is 1. The summed E-state index contributed by atoms with van der Waals surface area (Å²) in [4.78, 5) is 7.98. The summed E-state index contributed by atoms with van der Waals surface area (Å²) in [6, 6.07) is 6.69. The second kappa shape index (κ2) is 3.87. The van der Waals surface area contributed by atoms with E-state index in [1.165, 1.54) is 28.8 Å². The first-order chi connectivity index (χ1) is 7.74. The van der Waals surface area contributed by atoms with Crippen molar-refractivity contribution in [2.45, 2.75) is 26.2 Å². The highest BCUT2D eigenvalue weighted by atomic mass is 127. The Labute approximate surface area is 109 Å². The lowest BCUT2D eigenvalue weighted by molar-refractivity contribution is 0.815. The third kappa shape index (κ3) is 1.67. The summed E-state index contributed by atoms with van der Waals surface area (Å²) in [6.07, 6.45) is 3.48. The van der Waals surface area contributed by atoms with Crippen molar-refractivity contribution >= 4 is 22.6 Å². The molecule has 0 spiro atoms. The van der Waals surface area contributed by atoms with E-state index >= 15 is 0 Å². The van der Waals surface area contributed by atoms with Crippen LogP contribution in [0.4, 0.5) is 0 Å². The van der Waals surface area contributed by atoms with E-state index in [1.807, 2.05) is 0 Å². The summed E-state index contributed by atoms with van der Waals surface area (Å²) in [5, 5.41) is 0. The molecule has 0 unspecified atom stereocenters. The molecular formula is C13H13IN2. The van der Waals surface area contributed by atoms with Gasteiger partial charge in [0, 0.05) is 11.3 Å². The lowest BCUT2D eigenvalue weighted by Crippen LogP contribution is -1.89. The van der Waals surface area contributed by atoms with Crippen LogP contribution in [0.25, 0.3) is 11.3 Å². The number of hydrogen-bond donors (Lipinski definition) is 1. The largest absolute Gasteiger partial charge is 0.337 e. The molecule has 0 radical (unpaired) electrons. The minimum Gasteiger partial charge on any atom is -0.337 e. The predicted octanol–water partition coefficient (Wildman–Crippen LogP) is 3.48. The predicted molar refractivity (Wildman–Crippen MR) is 73.5 cm³/mol. The Morgan fingerprint density at radius 2 is 2.19 bits per heavy atom. The van der Waals surface area contributed by atoms with Gasteiger partial charge >= 0.3 is 0 Å². The van der Waals surface area contributed by atoms with Crippen LogP contribution >= 0.6 is 22.6 Å². The quantitative estimate of drug-likeness (QED) is 0.739. The van der Waals surface area contributed by atoms with Crippen molar-refractivity contribution in [2.75, 3.05) is 0 Å². The molecular weight excluding hydrogens is 311 g/mol. The zero-order valence-electron chi connectivity index (χ0n) is 9.18. The molecule has 0 atom stereocenters. The van der Waals surface area contributed by atoms with Gasteiger partial charge in [0.15, 0.2) is 3.83 Å². The first-order valence-corrected chi connectivity index (χ1v) is 6.66. The number of nitrogens with zero attached hydrogens (tertiary/aromatic N) is 1. The topological polar surface area (TPSA) is 28.7 Å². The summed E-state index contributed by atoms with van der Waals surface area (Å²) in [5.74, 6) is 0. The summed E-state index contributed by atoms with van der Waals surface area (Å²) in [5.41, 5.74) is 6.57. The molecule has 0 saturated heterocycles. The van der Waals surface area contributed by atoms with Crippen molar-refractivity contribution in [3.05, 3.63) is 38.9 Å². The summed E-state index contributed by atoms with van der Waals surface area (Å²) >= 11 is 2.25. The normalized spacial score (nSPS) is 14.1. The highest BCUT2D eigenvalue weighted by Gasteiger charge is 2.17. The smallest absolute Gasteiger partial charge is 0.169 e. The number of halogens is 1. The molecule has 1 aliphatic carbocycles. The van der Waals surface area contributed by atoms with Gasteiger partial charge in [0.25, 0.3) is 0 Å². The fraction of sp³-hybridized carbons (Fsp3) is 0.308. The van der Waals surface area contributed by atoms with Gasteiger partial charge in [-0.1, -0.05) is 23.8 Å². The van der Waals surface area contributed by atoms with Gasteiger partial charge in [-0.25, -0.2) is 4.98 Å². The van der Waals surface area contributed by atoms with E-state index in [-0.39, 0.29) is 0 Å². The van der Waals surface area contributed by atoms with Crippen molar-refractivity contribution in [2.24, 2.45) is 0 Å². The van der Waals surface area contributed by atoms with Crippen LogP contribution in [0.3, 0.4) is 0 Å². The molecule has 0 bridgehead atoms. The van der Waals surface area contributed by atoms with E-state index in [0.717, 1.165) is 22.4 Å². The van der Waals surface area contributed by atoms with Gasteiger partial charge in [-0.15, -0.1) is 0 Å². The van der Waals surface area contributed by atoms with Gasteiger partial charge in [-0.05, 0) is 54.3 Å². The van der Waals surface area contributed by atoms with Crippen molar-refractivity contribution in [3.63, 3.8) is 0 Å². The Morgan fingerprint density at radius 1 is 1.31 bits per heavy atom. The molecule has 0 saturated carbocycles. The molecule has 82 valence electrons. The number of nitrogens with one attached hydrogen (secondary N) is 1. The van der Waals surface area contributed by atoms with Gasteiger partial charge in [-0.3, -0.25) is 0 Å². The van der Waals surface area contributed by atoms with Crippen molar-refractivity contribution in [1.82, 2.24) is 9.97 Å². The molecule has 2 nitrogen and oxygen atoms in total. The lowest BCUT2D eigenvalue weighted by atomic mass is 10.0. The van der Waals surface area contributed by atoms with E-state index in [1.54, 1.807) is 0 Å². The van der Waals surface area contributed by atoms with Crippen molar-refractivity contribution in [1.29, 1.82) is 0 Å². The molecule has 2 aromatic rings.